The summed E-state index contributed by atoms with van der Waals surface area (Å²) in [6.07, 6.45) is 0.137. The van der Waals surface area contributed by atoms with E-state index in [2.05, 4.69) is 5.18 Å². The number of thioether (sulfide) groups is 1. The number of fused-ring (bicyclic) bond motifs is 2. The lowest BCUT2D eigenvalue weighted by Crippen LogP contribution is -2.18. The first kappa shape index (κ1) is 5.68. The van der Waals surface area contributed by atoms with Crippen LogP contribution >= 0.6 is 11.8 Å². The lowest BCUT2D eigenvalue weighted by Gasteiger charge is -2.06. The highest BCUT2D eigenvalue weighted by molar-refractivity contribution is 8.00. The van der Waals surface area contributed by atoms with Crippen molar-refractivity contribution in [2.45, 2.75) is 17.4 Å². The molecule has 0 spiro atoms. The van der Waals surface area contributed by atoms with Gasteiger partial charge in [0.1, 0.15) is 6.04 Å². The van der Waals surface area contributed by atoms with Crippen LogP contribution in [0.5, 0.6) is 0 Å². The van der Waals surface area contributed by atoms with Gasteiger partial charge >= 0.3 is 0 Å². The molecule has 2 aliphatic heterocycles. The van der Waals surface area contributed by atoms with Crippen molar-refractivity contribution >= 4 is 11.8 Å². The lowest BCUT2D eigenvalue weighted by molar-refractivity contribution is 0.120. The Morgan fingerprint density at radius 2 is 2.56 bits per heavy atom. The van der Waals surface area contributed by atoms with Gasteiger partial charge in [-0.3, -0.25) is 0 Å². The smallest absolute Gasteiger partial charge is 0.133 e. The Bertz CT molecular complexity index is 121. The van der Waals surface area contributed by atoms with Crippen LogP contribution < -0.4 is 0 Å². The third-order valence-corrected chi connectivity index (χ3v) is 3.20. The highest BCUT2D eigenvalue weighted by Crippen LogP contribution is 2.37. The molecular formula is C5H7NO2S. The molecule has 0 amide bonds. The fourth-order valence-corrected chi connectivity index (χ4v) is 2.63. The van der Waals surface area contributed by atoms with Gasteiger partial charge in [-0.05, 0) is 0 Å². The van der Waals surface area contributed by atoms with Crippen LogP contribution in [-0.2, 0) is 4.74 Å². The van der Waals surface area contributed by atoms with Gasteiger partial charge in [-0.1, -0.05) is 5.18 Å². The van der Waals surface area contributed by atoms with Crippen molar-refractivity contribution in [3.63, 3.8) is 0 Å². The molecule has 2 bridgehead atoms. The summed E-state index contributed by atoms with van der Waals surface area (Å²) in [5, 5.41) is 3.38. The second-order valence-corrected chi connectivity index (χ2v) is 3.61. The zero-order chi connectivity index (χ0) is 6.27. The van der Waals surface area contributed by atoms with Crippen molar-refractivity contribution in [1.82, 2.24) is 0 Å². The van der Waals surface area contributed by atoms with Gasteiger partial charge in [0.25, 0.3) is 0 Å². The molecule has 2 aliphatic rings. The van der Waals surface area contributed by atoms with Crippen molar-refractivity contribution in [2.75, 3.05) is 12.4 Å². The molecule has 0 radical (unpaired) electrons. The minimum absolute atomic E-state index is 0.0463. The molecule has 2 saturated heterocycles. The quantitative estimate of drug-likeness (QED) is 0.508. The highest BCUT2D eigenvalue weighted by Gasteiger charge is 2.44. The molecule has 0 saturated carbocycles. The van der Waals surface area contributed by atoms with Crippen LogP contribution in [-0.4, -0.2) is 29.8 Å². The van der Waals surface area contributed by atoms with E-state index >= 15 is 0 Å². The maximum Gasteiger partial charge on any atom is 0.133 e. The van der Waals surface area contributed by atoms with E-state index in [4.69, 9.17) is 4.74 Å². The molecule has 4 heteroatoms. The monoisotopic (exact) mass is 145 g/mol. The largest absolute Gasteiger partial charge is 0.374 e. The number of rotatable bonds is 1. The molecule has 9 heavy (non-hydrogen) atoms. The topological polar surface area (TPSA) is 38.7 Å². The first-order chi connectivity index (χ1) is 4.42. The summed E-state index contributed by atoms with van der Waals surface area (Å²) in [5.41, 5.74) is 0. The molecule has 0 aromatic carbocycles. The lowest BCUT2D eigenvalue weighted by atomic mass is 10.2. The van der Waals surface area contributed by atoms with Crippen LogP contribution in [0, 0.1) is 4.91 Å². The van der Waals surface area contributed by atoms with Crippen LogP contribution in [0.1, 0.15) is 0 Å². The zero-order valence-electron chi connectivity index (χ0n) is 4.82. The van der Waals surface area contributed by atoms with E-state index in [1.54, 1.807) is 11.8 Å². The maximum atomic E-state index is 10.1. The number of nitrogens with zero attached hydrogens (tertiary/aromatic N) is 1. The van der Waals surface area contributed by atoms with Gasteiger partial charge in [0, 0.05) is 5.75 Å². The van der Waals surface area contributed by atoms with Gasteiger partial charge in [0.15, 0.2) is 0 Å². The number of ether oxygens (including phenoxy) is 1. The standard InChI is InChI=1S/C5H7NO2S/c7-6-5-3-2-9-4(5)1-8-3/h3-5H,1-2H2. The van der Waals surface area contributed by atoms with Crippen molar-refractivity contribution in [3.05, 3.63) is 4.91 Å². The molecule has 50 valence electrons. The Kier molecular flexibility index (Phi) is 1.23. The molecule has 0 aromatic heterocycles. The Labute approximate surface area is 57.1 Å². The summed E-state index contributed by atoms with van der Waals surface area (Å²) >= 11 is 1.81. The van der Waals surface area contributed by atoms with Gasteiger partial charge in [0.05, 0.1) is 18.0 Å². The predicted octanol–water partition coefficient (Wildman–Crippen LogP) is 0.636. The second-order valence-electron chi connectivity index (χ2n) is 2.34. The van der Waals surface area contributed by atoms with E-state index < -0.39 is 0 Å². The summed E-state index contributed by atoms with van der Waals surface area (Å²) in [6, 6.07) is -0.0463. The van der Waals surface area contributed by atoms with E-state index in [1.807, 2.05) is 0 Å². The van der Waals surface area contributed by atoms with E-state index in [1.165, 1.54) is 0 Å². The van der Waals surface area contributed by atoms with E-state index in [0.29, 0.717) is 5.25 Å². The molecule has 2 heterocycles. The van der Waals surface area contributed by atoms with Gasteiger partial charge < -0.3 is 4.74 Å². The zero-order valence-corrected chi connectivity index (χ0v) is 5.63. The molecule has 2 fully saturated rings. The molecule has 2 rings (SSSR count). The second kappa shape index (κ2) is 1.95. The van der Waals surface area contributed by atoms with Crippen molar-refractivity contribution in [3.8, 4) is 0 Å². The van der Waals surface area contributed by atoms with Gasteiger partial charge in [-0.2, -0.15) is 16.7 Å². The summed E-state index contributed by atoms with van der Waals surface area (Å²) in [6.45, 7) is 0.728. The Morgan fingerprint density at radius 1 is 1.67 bits per heavy atom. The predicted molar refractivity (Wildman–Crippen MR) is 35.6 cm³/mol. The van der Waals surface area contributed by atoms with Crippen LogP contribution in [0.3, 0.4) is 0 Å². The van der Waals surface area contributed by atoms with E-state index in [0.717, 1.165) is 12.4 Å². The fourth-order valence-electron chi connectivity index (χ4n) is 1.30. The summed E-state index contributed by atoms with van der Waals surface area (Å²) in [4.78, 5) is 10.1. The number of nitroso groups, excluding NO2 is 1. The SMILES string of the molecule is O=NC1C2CSC1CO2. The third-order valence-electron chi connectivity index (χ3n) is 1.83. The van der Waals surface area contributed by atoms with Crippen molar-refractivity contribution < 1.29 is 4.74 Å². The Balaban J connectivity index is 2.16. The first-order valence-electron chi connectivity index (χ1n) is 2.97. The van der Waals surface area contributed by atoms with Gasteiger partial charge in [0.2, 0.25) is 0 Å². The number of hydrogen-bond donors (Lipinski definition) is 0. The Morgan fingerprint density at radius 3 is 2.78 bits per heavy atom. The normalized spacial score (nSPS) is 47.8. The minimum atomic E-state index is -0.0463. The maximum absolute atomic E-state index is 10.1. The molecule has 0 aromatic rings. The summed E-state index contributed by atoms with van der Waals surface area (Å²) < 4.78 is 5.24. The average Bonchev–Trinajstić information content (AvgIpc) is 2.44. The van der Waals surface area contributed by atoms with Crippen LogP contribution in [0.4, 0.5) is 0 Å². The van der Waals surface area contributed by atoms with Crippen LogP contribution in [0.25, 0.3) is 0 Å². The van der Waals surface area contributed by atoms with Gasteiger partial charge in [-0.15, -0.1) is 0 Å². The summed E-state index contributed by atoms with van der Waals surface area (Å²) in [5.74, 6) is 0.959. The Hall–Kier alpha value is -0.0900. The molecule has 3 atom stereocenters. The third kappa shape index (κ3) is 0.697. The van der Waals surface area contributed by atoms with Crippen LogP contribution in [0.2, 0.25) is 0 Å². The van der Waals surface area contributed by atoms with E-state index in [-0.39, 0.29) is 12.1 Å². The molecule has 3 nitrogen and oxygen atoms in total. The molecule has 3 unspecified atom stereocenters. The highest BCUT2D eigenvalue weighted by atomic mass is 32.2. The van der Waals surface area contributed by atoms with Crippen LogP contribution in [0.15, 0.2) is 5.18 Å². The fraction of sp³-hybridized carbons (Fsp3) is 1.00. The molecule has 0 aliphatic carbocycles. The molecular weight excluding hydrogens is 138 g/mol. The average molecular weight is 145 g/mol. The minimum Gasteiger partial charge on any atom is -0.374 e. The van der Waals surface area contributed by atoms with Crippen molar-refractivity contribution in [1.29, 1.82) is 0 Å². The van der Waals surface area contributed by atoms with E-state index in [9.17, 15) is 4.91 Å². The first-order valence-corrected chi connectivity index (χ1v) is 4.02. The molecule has 0 N–H and O–H groups in total. The summed E-state index contributed by atoms with van der Waals surface area (Å²) in [7, 11) is 0. The van der Waals surface area contributed by atoms with Gasteiger partial charge in [-0.25, -0.2) is 0 Å². The number of hydrogen-bond acceptors (Lipinski definition) is 4. The van der Waals surface area contributed by atoms with Crippen molar-refractivity contribution in [2.24, 2.45) is 5.18 Å².